The monoisotopic (exact) mass is 198 g/mol. The van der Waals surface area contributed by atoms with E-state index >= 15 is 0 Å². The standard InChI is InChI=1S/C9H10Se/c10-8-4-7-9-5-2-1-3-6-9/h1-3,5-6,8H,4,7H2. The second-order valence-electron chi connectivity index (χ2n) is 2.19. The molecule has 0 N–H and O–H groups in total. The van der Waals surface area contributed by atoms with Crippen molar-refractivity contribution in [1.82, 2.24) is 0 Å². The second-order valence-corrected chi connectivity index (χ2v) is 2.89. The van der Waals surface area contributed by atoms with Gasteiger partial charge in [-0.2, -0.15) is 0 Å². The number of benzene rings is 1. The Kier molecular flexibility index (Phi) is 3.42. The fourth-order valence-corrected chi connectivity index (χ4v) is 1.12. The van der Waals surface area contributed by atoms with E-state index in [4.69, 9.17) is 0 Å². The third-order valence-corrected chi connectivity index (χ3v) is 1.89. The van der Waals surface area contributed by atoms with Crippen LogP contribution in [-0.4, -0.2) is 20.5 Å². The van der Waals surface area contributed by atoms with Crippen LogP contribution in [-0.2, 0) is 6.42 Å². The van der Waals surface area contributed by atoms with Crippen LogP contribution in [0.3, 0.4) is 0 Å². The molecule has 0 aliphatic heterocycles. The molecule has 1 heteroatoms. The summed E-state index contributed by atoms with van der Waals surface area (Å²) < 4.78 is 0. The van der Waals surface area contributed by atoms with Crippen molar-refractivity contribution in [3.8, 4) is 0 Å². The van der Waals surface area contributed by atoms with Gasteiger partial charge in [0.15, 0.2) is 0 Å². The Morgan fingerprint density at radius 2 is 1.90 bits per heavy atom. The first-order valence-electron chi connectivity index (χ1n) is 3.41. The van der Waals surface area contributed by atoms with Crippen LogP contribution in [0.15, 0.2) is 30.3 Å². The fraction of sp³-hybridized carbons (Fsp3) is 0.222. The van der Waals surface area contributed by atoms with Crippen LogP contribution in [0.4, 0.5) is 0 Å². The predicted molar refractivity (Wildman–Crippen MR) is 46.6 cm³/mol. The third kappa shape index (κ3) is 2.47. The summed E-state index contributed by atoms with van der Waals surface area (Å²) in [5.41, 5.74) is 1.41. The zero-order valence-electron chi connectivity index (χ0n) is 5.79. The zero-order valence-corrected chi connectivity index (χ0v) is 7.50. The van der Waals surface area contributed by atoms with Crippen molar-refractivity contribution < 1.29 is 0 Å². The van der Waals surface area contributed by atoms with Crippen molar-refractivity contribution in [2.24, 2.45) is 0 Å². The van der Waals surface area contributed by atoms with Crippen molar-refractivity contribution in [3.05, 3.63) is 35.9 Å². The van der Waals surface area contributed by atoms with Gasteiger partial charge in [-0.25, -0.2) is 0 Å². The molecule has 0 spiro atoms. The summed E-state index contributed by atoms with van der Waals surface area (Å²) in [4.78, 5) is 2.08. The molecule has 0 amide bonds. The van der Waals surface area contributed by atoms with E-state index in [1.165, 1.54) is 5.56 Å². The van der Waals surface area contributed by atoms with E-state index in [9.17, 15) is 0 Å². The number of rotatable bonds is 3. The normalized spacial score (nSPS) is 9.20. The molecule has 1 aromatic rings. The molecular weight excluding hydrogens is 187 g/mol. The minimum atomic E-state index is 1.13. The molecule has 0 radical (unpaired) electrons. The molecule has 0 aromatic heterocycles. The Hall–Kier alpha value is -0.391. The van der Waals surface area contributed by atoms with Gasteiger partial charge in [0, 0.05) is 0 Å². The zero-order chi connectivity index (χ0) is 7.23. The number of hydrogen-bond donors (Lipinski definition) is 0. The van der Waals surface area contributed by atoms with Crippen molar-refractivity contribution in [1.29, 1.82) is 0 Å². The molecule has 1 rings (SSSR count). The van der Waals surface area contributed by atoms with Gasteiger partial charge in [0.05, 0.1) is 0 Å². The maximum atomic E-state index is 2.89. The van der Waals surface area contributed by atoms with Crippen LogP contribution in [0, 0.1) is 0 Å². The molecule has 0 aliphatic carbocycles. The van der Waals surface area contributed by atoms with Crippen LogP contribution in [0.1, 0.15) is 12.0 Å². The van der Waals surface area contributed by atoms with E-state index in [1.807, 2.05) is 6.07 Å². The summed E-state index contributed by atoms with van der Waals surface area (Å²) in [6.07, 6.45) is 2.28. The molecular formula is C9H10Se. The molecule has 52 valence electrons. The van der Waals surface area contributed by atoms with Crippen LogP contribution in [0.5, 0.6) is 0 Å². The molecule has 0 unspecified atom stereocenters. The van der Waals surface area contributed by atoms with E-state index in [1.54, 1.807) is 0 Å². The molecule has 0 atom stereocenters. The van der Waals surface area contributed by atoms with Crippen molar-refractivity contribution in [2.75, 3.05) is 0 Å². The van der Waals surface area contributed by atoms with Gasteiger partial charge in [-0.1, -0.05) is 0 Å². The minimum absolute atomic E-state index is 1.13. The first kappa shape index (κ1) is 7.71. The van der Waals surface area contributed by atoms with Gasteiger partial charge in [-0.3, -0.25) is 0 Å². The van der Waals surface area contributed by atoms with E-state index < -0.39 is 0 Å². The second kappa shape index (κ2) is 4.43. The van der Waals surface area contributed by atoms with E-state index in [0.29, 0.717) is 0 Å². The van der Waals surface area contributed by atoms with Crippen LogP contribution in [0.2, 0.25) is 0 Å². The molecule has 0 fully saturated rings. The third-order valence-electron chi connectivity index (χ3n) is 1.39. The van der Waals surface area contributed by atoms with Gasteiger partial charge in [0.25, 0.3) is 0 Å². The summed E-state index contributed by atoms with van der Waals surface area (Å²) in [6.45, 7) is 0. The fourth-order valence-electron chi connectivity index (χ4n) is 0.870. The van der Waals surface area contributed by atoms with Gasteiger partial charge < -0.3 is 0 Å². The summed E-state index contributed by atoms with van der Waals surface area (Å²) in [5, 5.41) is 0. The number of hydrogen-bond acceptors (Lipinski definition) is 0. The summed E-state index contributed by atoms with van der Waals surface area (Å²) in [7, 11) is 0. The molecule has 10 heavy (non-hydrogen) atoms. The number of aryl methyl sites for hydroxylation is 1. The SMILES string of the molecule is [Se]=CCCc1ccccc1. The quantitative estimate of drug-likeness (QED) is 0.645. The molecule has 0 saturated heterocycles. The average molecular weight is 197 g/mol. The summed E-state index contributed by atoms with van der Waals surface area (Å²) >= 11 is 2.89. The van der Waals surface area contributed by atoms with Gasteiger partial charge in [0.1, 0.15) is 0 Å². The topological polar surface area (TPSA) is 0 Å². The van der Waals surface area contributed by atoms with Crippen molar-refractivity contribution in [3.63, 3.8) is 0 Å². The Bertz CT molecular complexity index is 191. The molecule has 0 bridgehead atoms. The van der Waals surface area contributed by atoms with Crippen LogP contribution in [0.25, 0.3) is 0 Å². The van der Waals surface area contributed by atoms with Crippen molar-refractivity contribution in [2.45, 2.75) is 12.8 Å². The average Bonchev–Trinajstić information content (AvgIpc) is 2.03. The first-order chi connectivity index (χ1) is 4.93. The molecule has 0 nitrogen and oxygen atoms in total. The Balaban J connectivity index is 2.50. The van der Waals surface area contributed by atoms with Crippen molar-refractivity contribution >= 4 is 20.5 Å². The Morgan fingerprint density at radius 3 is 2.50 bits per heavy atom. The summed E-state index contributed by atoms with van der Waals surface area (Å²) in [6, 6.07) is 10.5. The molecule has 0 aliphatic rings. The van der Waals surface area contributed by atoms with E-state index in [0.717, 1.165) is 12.8 Å². The molecule has 0 saturated carbocycles. The molecule has 0 heterocycles. The predicted octanol–water partition coefficient (Wildman–Crippen LogP) is 1.59. The summed E-state index contributed by atoms with van der Waals surface area (Å²) in [5.74, 6) is 0. The molecule has 1 aromatic carbocycles. The van der Waals surface area contributed by atoms with Gasteiger partial charge >= 0.3 is 69.2 Å². The van der Waals surface area contributed by atoms with Crippen LogP contribution >= 0.6 is 0 Å². The first-order valence-corrected chi connectivity index (χ1v) is 4.40. The van der Waals surface area contributed by atoms with Crippen LogP contribution < -0.4 is 0 Å². The van der Waals surface area contributed by atoms with E-state index in [-0.39, 0.29) is 0 Å². The van der Waals surface area contributed by atoms with Gasteiger partial charge in [-0.15, -0.1) is 0 Å². The maximum absolute atomic E-state index is 2.89. The van der Waals surface area contributed by atoms with Gasteiger partial charge in [-0.05, 0) is 0 Å². The van der Waals surface area contributed by atoms with E-state index in [2.05, 4.69) is 44.8 Å². The van der Waals surface area contributed by atoms with Gasteiger partial charge in [0.2, 0.25) is 0 Å². The Morgan fingerprint density at radius 1 is 1.20 bits per heavy atom. The Labute approximate surface area is 69.6 Å².